The van der Waals surface area contributed by atoms with Gasteiger partial charge in [-0.25, -0.2) is 0 Å². The van der Waals surface area contributed by atoms with Crippen LogP contribution in [0.25, 0.3) is 0 Å². The Bertz CT molecular complexity index is 962. The van der Waals surface area contributed by atoms with Gasteiger partial charge in [-0.1, -0.05) is 48.5 Å². The number of nitrogens with zero attached hydrogens (tertiary/aromatic N) is 1. The summed E-state index contributed by atoms with van der Waals surface area (Å²) in [5.41, 5.74) is 3.61. The van der Waals surface area contributed by atoms with E-state index in [0.29, 0.717) is 17.8 Å². The molecule has 0 amide bonds. The molecule has 1 aliphatic heterocycles. The lowest BCUT2D eigenvalue weighted by Crippen LogP contribution is -2.37. The fraction of sp³-hybridized carbons (Fsp3) is 0.308. The minimum absolute atomic E-state index is 0. The maximum atomic E-state index is 9.88. The number of phenols is 3. The number of phenolic OH excluding ortho intramolecular Hbond substituents is 3. The average molecular weight is 484 g/mol. The van der Waals surface area contributed by atoms with Crippen LogP contribution in [-0.4, -0.2) is 32.3 Å². The largest absolute Gasteiger partial charge is 0.508 e. The molecule has 0 saturated carbocycles. The third-order valence-corrected chi connectivity index (χ3v) is 6.19. The van der Waals surface area contributed by atoms with Gasteiger partial charge in [-0.3, -0.25) is 4.90 Å². The second-order valence-corrected chi connectivity index (χ2v) is 8.28. The molecule has 1 fully saturated rings. The highest BCUT2D eigenvalue weighted by molar-refractivity contribution is 8.93. The molecule has 1 saturated heterocycles. The first-order valence-corrected chi connectivity index (χ1v) is 10.7. The van der Waals surface area contributed by atoms with E-state index in [0.717, 1.165) is 44.2 Å². The Morgan fingerprint density at radius 2 is 1.39 bits per heavy atom. The highest BCUT2D eigenvalue weighted by Crippen LogP contribution is 2.33. The number of benzene rings is 3. The van der Waals surface area contributed by atoms with Gasteiger partial charge in [0.2, 0.25) is 0 Å². The van der Waals surface area contributed by atoms with Crippen molar-refractivity contribution >= 4 is 17.0 Å². The molecule has 0 spiro atoms. The molecule has 31 heavy (non-hydrogen) atoms. The Morgan fingerprint density at radius 3 is 2.10 bits per heavy atom. The van der Waals surface area contributed by atoms with Crippen molar-refractivity contribution in [2.24, 2.45) is 0 Å². The molecular formula is C26H30BrNO3. The molecule has 3 aromatic rings. The lowest BCUT2D eigenvalue weighted by molar-refractivity contribution is 0.175. The topological polar surface area (TPSA) is 63.9 Å². The molecular weight excluding hydrogens is 454 g/mol. The fourth-order valence-corrected chi connectivity index (χ4v) is 4.56. The first-order valence-electron chi connectivity index (χ1n) is 10.7. The maximum Gasteiger partial charge on any atom is 0.157 e. The zero-order chi connectivity index (χ0) is 20.9. The second-order valence-electron chi connectivity index (χ2n) is 8.28. The molecule has 0 radical (unpaired) electrons. The Morgan fingerprint density at radius 1 is 0.710 bits per heavy atom. The SMILES string of the molecule is Br.Oc1ccc(CCC2CCC(Cc3ccc(O)c(O)c3)N2Cc2ccccc2)cc1. The maximum absolute atomic E-state index is 9.88. The monoisotopic (exact) mass is 483 g/mol. The Labute approximate surface area is 194 Å². The molecule has 164 valence electrons. The van der Waals surface area contributed by atoms with Crippen molar-refractivity contribution in [3.05, 3.63) is 89.5 Å². The number of hydrogen-bond acceptors (Lipinski definition) is 4. The van der Waals surface area contributed by atoms with Gasteiger partial charge in [-0.15, -0.1) is 17.0 Å². The second kappa shape index (κ2) is 10.7. The summed E-state index contributed by atoms with van der Waals surface area (Å²) >= 11 is 0. The van der Waals surface area contributed by atoms with E-state index in [-0.39, 0.29) is 28.5 Å². The molecule has 1 heterocycles. The van der Waals surface area contributed by atoms with Crippen LogP contribution in [0, 0.1) is 0 Å². The van der Waals surface area contributed by atoms with Crippen LogP contribution in [0.4, 0.5) is 0 Å². The summed E-state index contributed by atoms with van der Waals surface area (Å²) in [7, 11) is 0. The van der Waals surface area contributed by atoms with Crippen LogP contribution in [0.3, 0.4) is 0 Å². The van der Waals surface area contributed by atoms with E-state index in [2.05, 4.69) is 29.2 Å². The summed E-state index contributed by atoms with van der Waals surface area (Å²) in [4.78, 5) is 2.61. The van der Waals surface area contributed by atoms with Crippen LogP contribution in [0.2, 0.25) is 0 Å². The third kappa shape index (κ3) is 6.02. The molecule has 2 unspecified atom stereocenters. The van der Waals surface area contributed by atoms with E-state index in [1.807, 2.05) is 24.3 Å². The smallest absolute Gasteiger partial charge is 0.157 e. The molecule has 1 aliphatic rings. The minimum Gasteiger partial charge on any atom is -0.508 e. The van der Waals surface area contributed by atoms with Gasteiger partial charge in [0.05, 0.1) is 0 Å². The van der Waals surface area contributed by atoms with Crippen LogP contribution < -0.4 is 0 Å². The van der Waals surface area contributed by atoms with Crippen molar-refractivity contribution < 1.29 is 15.3 Å². The lowest BCUT2D eigenvalue weighted by atomic mass is 10.0. The predicted octanol–water partition coefficient (Wildman–Crippen LogP) is 5.59. The van der Waals surface area contributed by atoms with Gasteiger partial charge in [-0.2, -0.15) is 0 Å². The number of halogens is 1. The molecule has 3 N–H and O–H groups in total. The summed E-state index contributed by atoms with van der Waals surface area (Å²) in [5, 5.41) is 29.0. The number of hydrogen-bond donors (Lipinski definition) is 3. The van der Waals surface area contributed by atoms with E-state index in [1.54, 1.807) is 24.3 Å². The van der Waals surface area contributed by atoms with Crippen LogP contribution in [0.15, 0.2) is 72.8 Å². The number of aryl methyl sites for hydroxylation is 1. The molecule has 0 bridgehead atoms. The summed E-state index contributed by atoms with van der Waals surface area (Å²) in [6.45, 7) is 0.913. The van der Waals surface area contributed by atoms with E-state index in [1.165, 1.54) is 11.1 Å². The van der Waals surface area contributed by atoms with Crippen molar-refractivity contribution in [2.45, 2.75) is 50.7 Å². The van der Waals surface area contributed by atoms with E-state index in [9.17, 15) is 15.3 Å². The molecule has 4 nitrogen and oxygen atoms in total. The number of rotatable bonds is 7. The van der Waals surface area contributed by atoms with Gasteiger partial charge in [0.25, 0.3) is 0 Å². The summed E-state index contributed by atoms with van der Waals surface area (Å²) in [6.07, 6.45) is 5.20. The van der Waals surface area contributed by atoms with Crippen LogP contribution in [0.1, 0.15) is 36.0 Å². The average Bonchev–Trinajstić information content (AvgIpc) is 3.12. The van der Waals surface area contributed by atoms with Gasteiger partial charge in [0.15, 0.2) is 11.5 Å². The number of aromatic hydroxyl groups is 3. The first-order chi connectivity index (χ1) is 14.6. The van der Waals surface area contributed by atoms with Crippen molar-refractivity contribution in [3.8, 4) is 17.2 Å². The molecule has 3 aromatic carbocycles. The third-order valence-electron chi connectivity index (χ3n) is 6.19. The lowest BCUT2D eigenvalue weighted by Gasteiger charge is -2.31. The quantitative estimate of drug-likeness (QED) is 0.383. The Hall–Kier alpha value is -2.50. The van der Waals surface area contributed by atoms with Crippen LogP contribution >= 0.6 is 17.0 Å². The van der Waals surface area contributed by atoms with Crippen molar-refractivity contribution in [1.82, 2.24) is 4.90 Å². The van der Waals surface area contributed by atoms with Crippen LogP contribution in [-0.2, 0) is 19.4 Å². The van der Waals surface area contributed by atoms with Crippen molar-refractivity contribution in [1.29, 1.82) is 0 Å². The van der Waals surface area contributed by atoms with Gasteiger partial charge in [0.1, 0.15) is 5.75 Å². The summed E-state index contributed by atoms with van der Waals surface area (Å²) < 4.78 is 0. The van der Waals surface area contributed by atoms with Crippen molar-refractivity contribution in [3.63, 3.8) is 0 Å². The zero-order valence-electron chi connectivity index (χ0n) is 17.5. The van der Waals surface area contributed by atoms with Gasteiger partial charge < -0.3 is 15.3 Å². The normalized spacial score (nSPS) is 18.6. The summed E-state index contributed by atoms with van der Waals surface area (Å²) in [6, 6.07) is 24.2. The van der Waals surface area contributed by atoms with Gasteiger partial charge in [-0.05, 0) is 73.1 Å². The van der Waals surface area contributed by atoms with E-state index in [4.69, 9.17) is 0 Å². The molecule has 0 aliphatic carbocycles. The first kappa shape index (κ1) is 23.2. The predicted molar refractivity (Wildman–Crippen MR) is 129 cm³/mol. The minimum atomic E-state index is -0.0712. The van der Waals surface area contributed by atoms with Gasteiger partial charge >= 0.3 is 0 Å². The Balaban J connectivity index is 0.00000272. The summed E-state index contributed by atoms with van der Waals surface area (Å²) in [5.74, 6) is 0.185. The van der Waals surface area contributed by atoms with Crippen molar-refractivity contribution in [2.75, 3.05) is 0 Å². The highest BCUT2D eigenvalue weighted by Gasteiger charge is 2.33. The van der Waals surface area contributed by atoms with Gasteiger partial charge in [0, 0.05) is 18.6 Å². The van der Waals surface area contributed by atoms with E-state index >= 15 is 0 Å². The van der Waals surface area contributed by atoms with E-state index < -0.39 is 0 Å². The highest BCUT2D eigenvalue weighted by atomic mass is 79.9. The number of likely N-dealkylation sites (tertiary alicyclic amines) is 1. The Kier molecular flexibility index (Phi) is 7.99. The molecule has 2 atom stereocenters. The molecule has 5 heteroatoms. The molecule has 4 rings (SSSR count). The fourth-order valence-electron chi connectivity index (χ4n) is 4.56. The van der Waals surface area contributed by atoms with Crippen LogP contribution in [0.5, 0.6) is 17.2 Å². The molecule has 0 aromatic heterocycles. The standard InChI is InChI=1S/C26H29NO3.BrH/c28-24-13-7-19(8-14-24)6-10-22-11-12-23(16-21-9-15-25(29)26(30)17-21)27(22)18-20-4-2-1-3-5-20;/h1-5,7-9,13-15,17,22-23,28-30H,6,10-12,16,18H2;1H. The zero-order valence-corrected chi connectivity index (χ0v) is 19.2.